The lowest BCUT2D eigenvalue weighted by molar-refractivity contribution is -0.124. The summed E-state index contributed by atoms with van der Waals surface area (Å²) in [4.78, 5) is 56.8. The normalized spacial score (nSPS) is 16.9. The lowest BCUT2D eigenvalue weighted by Gasteiger charge is -2.33. The second-order valence-corrected chi connectivity index (χ2v) is 7.76. The van der Waals surface area contributed by atoms with Crippen molar-refractivity contribution in [3.05, 3.63) is 56.0 Å². The maximum atomic E-state index is 13.1. The Morgan fingerprint density at radius 1 is 1.19 bits per heavy atom. The van der Waals surface area contributed by atoms with E-state index in [0.717, 1.165) is 23.1 Å². The molecule has 0 saturated carbocycles. The minimum atomic E-state index is -0.726. The minimum Gasteiger partial charge on any atom is -0.384 e. The van der Waals surface area contributed by atoms with Crippen LogP contribution in [0.1, 0.15) is 47.9 Å². The molecule has 2 aromatic rings. The molecule has 31 heavy (non-hydrogen) atoms. The molecule has 1 aliphatic heterocycles. The van der Waals surface area contributed by atoms with Crippen molar-refractivity contribution in [2.75, 3.05) is 18.8 Å². The van der Waals surface area contributed by atoms with Crippen LogP contribution in [0, 0.1) is 6.92 Å². The molecular weight excluding hydrogens is 400 g/mol. The van der Waals surface area contributed by atoms with E-state index < -0.39 is 29.0 Å². The Morgan fingerprint density at radius 3 is 2.58 bits per heavy atom. The maximum absolute atomic E-state index is 13.1. The topological polar surface area (TPSA) is 146 Å². The number of hydrogen-bond donors (Lipinski definition) is 2. The van der Waals surface area contributed by atoms with Crippen LogP contribution in [0.15, 0.2) is 27.8 Å². The van der Waals surface area contributed by atoms with Gasteiger partial charge in [0.05, 0.1) is 24.8 Å². The zero-order chi connectivity index (χ0) is 22.7. The van der Waals surface area contributed by atoms with Crippen molar-refractivity contribution >= 4 is 17.5 Å². The second kappa shape index (κ2) is 9.25. The number of ketones is 1. The standard InChI is InChI=1S/C21H28N6O4/c1-3-26-20(30)17(16(28)12-25-10-5-4-9-15(25)19(23)29)18(22)27(21(26)31)11-14-8-6-7-13(2)24-14/h6-8,15H,3-5,9-12,22H2,1-2H3,(H2,23,29)/t15-/m1/s1. The molecule has 3 rings (SSSR count). The maximum Gasteiger partial charge on any atom is 0.332 e. The Hall–Kier alpha value is -3.27. The van der Waals surface area contributed by atoms with Gasteiger partial charge in [0, 0.05) is 12.2 Å². The number of carbonyl (C=O) groups is 2. The summed E-state index contributed by atoms with van der Waals surface area (Å²) in [5, 5.41) is 0. The Kier molecular flexibility index (Phi) is 6.69. The van der Waals surface area contributed by atoms with Crippen LogP contribution in [0.5, 0.6) is 0 Å². The number of amides is 1. The summed E-state index contributed by atoms with van der Waals surface area (Å²) in [5.41, 5.74) is 11.5. The van der Waals surface area contributed by atoms with Gasteiger partial charge in [-0.2, -0.15) is 0 Å². The summed E-state index contributed by atoms with van der Waals surface area (Å²) in [6.45, 7) is 3.95. The number of nitrogen functional groups attached to an aromatic ring is 1. The number of aromatic nitrogens is 3. The number of likely N-dealkylation sites (tertiary alicyclic amines) is 1. The molecule has 0 unspecified atom stereocenters. The summed E-state index contributed by atoms with van der Waals surface area (Å²) >= 11 is 0. The Morgan fingerprint density at radius 2 is 1.94 bits per heavy atom. The molecule has 3 heterocycles. The van der Waals surface area contributed by atoms with Crippen molar-refractivity contribution in [3.8, 4) is 0 Å². The summed E-state index contributed by atoms with van der Waals surface area (Å²) < 4.78 is 2.18. The summed E-state index contributed by atoms with van der Waals surface area (Å²) in [6.07, 6.45) is 2.23. The van der Waals surface area contributed by atoms with E-state index in [1.165, 1.54) is 4.57 Å². The fourth-order valence-electron chi connectivity index (χ4n) is 4.02. The Labute approximate surface area is 179 Å². The van der Waals surface area contributed by atoms with Crippen LogP contribution in [-0.4, -0.2) is 49.8 Å². The third kappa shape index (κ3) is 4.58. The van der Waals surface area contributed by atoms with Crippen molar-refractivity contribution in [1.29, 1.82) is 0 Å². The van der Waals surface area contributed by atoms with E-state index >= 15 is 0 Å². The van der Waals surface area contributed by atoms with Gasteiger partial charge in [-0.1, -0.05) is 12.5 Å². The number of pyridine rings is 1. The Bertz CT molecular complexity index is 1120. The Balaban J connectivity index is 2.03. The number of piperidine rings is 1. The van der Waals surface area contributed by atoms with Crippen LogP contribution in [0.3, 0.4) is 0 Å². The highest BCUT2D eigenvalue weighted by Gasteiger charge is 2.31. The van der Waals surface area contributed by atoms with Crippen molar-refractivity contribution in [3.63, 3.8) is 0 Å². The van der Waals surface area contributed by atoms with E-state index in [2.05, 4.69) is 4.98 Å². The van der Waals surface area contributed by atoms with E-state index in [1.54, 1.807) is 24.0 Å². The number of nitrogens with zero attached hydrogens (tertiary/aromatic N) is 4. The lowest BCUT2D eigenvalue weighted by Crippen LogP contribution is -2.51. The molecule has 10 nitrogen and oxygen atoms in total. The molecule has 0 bridgehead atoms. The molecule has 1 amide bonds. The number of nitrogens with two attached hydrogens (primary N) is 2. The van der Waals surface area contributed by atoms with Crippen LogP contribution in [0.4, 0.5) is 5.82 Å². The number of primary amides is 1. The summed E-state index contributed by atoms with van der Waals surface area (Å²) in [7, 11) is 0. The fourth-order valence-corrected chi connectivity index (χ4v) is 4.02. The molecule has 1 atom stereocenters. The van der Waals surface area contributed by atoms with E-state index in [0.29, 0.717) is 18.7 Å². The minimum absolute atomic E-state index is 0.0283. The third-order valence-corrected chi connectivity index (χ3v) is 5.62. The number of Topliss-reactive ketones (excluding diaryl/α,β-unsaturated/α-hetero) is 1. The third-order valence-electron chi connectivity index (χ3n) is 5.62. The average molecular weight is 428 g/mol. The predicted molar refractivity (Wildman–Crippen MR) is 116 cm³/mol. The SMILES string of the molecule is CCn1c(=O)c(C(=O)CN2CCCC[C@@H]2C(N)=O)c(N)n(Cc2cccc(C)n2)c1=O. The molecule has 0 radical (unpaired) electrons. The summed E-state index contributed by atoms with van der Waals surface area (Å²) in [5.74, 6) is -1.23. The number of anilines is 1. The van der Waals surface area contributed by atoms with E-state index in [9.17, 15) is 19.2 Å². The van der Waals surface area contributed by atoms with Gasteiger partial charge in [0.1, 0.15) is 11.4 Å². The molecule has 4 N–H and O–H groups in total. The number of hydrogen-bond acceptors (Lipinski definition) is 7. The van der Waals surface area contributed by atoms with Crippen LogP contribution >= 0.6 is 0 Å². The highest BCUT2D eigenvalue weighted by molar-refractivity contribution is 6.01. The van der Waals surface area contributed by atoms with E-state index in [-0.39, 0.29) is 31.0 Å². The molecule has 0 spiro atoms. The first-order chi connectivity index (χ1) is 14.7. The smallest absolute Gasteiger partial charge is 0.332 e. The largest absolute Gasteiger partial charge is 0.384 e. The first-order valence-corrected chi connectivity index (χ1v) is 10.4. The molecule has 0 aromatic carbocycles. The monoisotopic (exact) mass is 428 g/mol. The molecule has 10 heteroatoms. The summed E-state index contributed by atoms with van der Waals surface area (Å²) in [6, 6.07) is 4.81. The molecule has 1 saturated heterocycles. The van der Waals surface area contributed by atoms with Gasteiger partial charge in [-0.05, 0) is 45.4 Å². The number of carbonyl (C=O) groups excluding carboxylic acids is 2. The van der Waals surface area contributed by atoms with Crippen LogP contribution in [-0.2, 0) is 17.9 Å². The zero-order valence-corrected chi connectivity index (χ0v) is 17.8. The second-order valence-electron chi connectivity index (χ2n) is 7.76. The fraction of sp³-hybridized carbons (Fsp3) is 0.476. The van der Waals surface area contributed by atoms with Crippen LogP contribution < -0.4 is 22.7 Å². The van der Waals surface area contributed by atoms with Crippen molar-refractivity contribution in [2.45, 2.75) is 52.2 Å². The first kappa shape index (κ1) is 22.4. The number of rotatable bonds is 7. The van der Waals surface area contributed by atoms with Gasteiger partial charge in [-0.25, -0.2) is 4.79 Å². The van der Waals surface area contributed by atoms with Gasteiger partial charge in [-0.3, -0.25) is 33.4 Å². The highest BCUT2D eigenvalue weighted by Crippen LogP contribution is 2.18. The zero-order valence-electron chi connectivity index (χ0n) is 17.8. The van der Waals surface area contributed by atoms with Gasteiger partial charge >= 0.3 is 5.69 Å². The quantitative estimate of drug-likeness (QED) is 0.585. The van der Waals surface area contributed by atoms with Gasteiger partial charge < -0.3 is 11.5 Å². The molecule has 166 valence electrons. The van der Waals surface area contributed by atoms with Crippen molar-refractivity contribution in [2.24, 2.45) is 5.73 Å². The van der Waals surface area contributed by atoms with Crippen LogP contribution in [0.2, 0.25) is 0 Å². The van der Waals surface area contributed by atoms with Crippen LogP contribution in [0.25, 0.3) is 0 Å². The van der Waals surface area contributed by atoms with Crippen molar-refractivity contribution < 1.29 is 9.59 Å². The van der Waals surface area contributed by atoms with Crippen molar-refractivity contribution in [1.82, 2.24) is 19.0 Å². The molecule has 0 aliphatic carbocycles. The molecule has 1 aliphatic rings. The molecular formula is C21H28N6O4. The number of aryl methyl sites for hydroxylation is 1. The molecule has 1 fully saturated rings. The van der Waals surface area contributed by atoms with Gasteiger partial charge in [0.25, 0.3) is 5.56 Å². The molecule has 2 aromatic heterocycles. The highest BCUT2D eigenvalue weighted by atomic mass is 16.2. The van der Waals surface area contributed by atoms with Gasteiger partial charge in [0.15, 0.2) is 5.78 Å². The van der Waals surface area contributed by atoms with E-state index in [4.69, 9.17) is 11.5 Å². The average Bonchev–Trinajstić information content (AvgIpc) is 2.72. The predicted octanol–water partition coefficient (Wildman–Crippen LogP) is -0.114. The lowest BCUT2D eigenvalue weighted by atomic mass is 10.0. The van der Waals surface area contributed by atoms with E-state index in [1.807, 2.05) is 13.0 Å². The first-order valence-electron chi connectivity index (χ1n) is 10.4. The van der Waals surface area contributed by atoms with Gasteiger partial charge in [0.2, 0.25) is 5.91 Å². The van der Waals surface area contributed by atoms with Gasteiger partial charge in [-0.15, -0.1) is 0 Å².